The van der Waals surface area contributed by atoms with Gasteiger partial charge in [0, 0.05) is 19.2 Å². The van der Waals surface area contributed by atoms with E-state index in [9.17, 15) is 4.79 Å². The van der Waals surface area contributed by atoms with Crippen LogP contribution in [0.1, 0.15) is 66.7 Å². The van der Waals surface area contributed by atoms with E-state index in [4.69, 9.17) is 9.84 Å². The smallest absolute Gasteiger partial charge is 0.410 e. The number of aliphatic hydroxyl groups is 1. The maximum atomic E-state index is 12.1. The molecule has 1 heterocycles. The molecule has 0 aliphatic carbocycles. The number of ether oxygens (including phenoxy) is 1. The molecule has 19 heavy (non-hydrogen) atoms. The Morgan fingerprint density at radius 1 is 1.26 bits per heavy atom. The van der Waals surface area contributed by atoms with E-state index in [-0.39, 0.29) is 18.7 Å². The Morgan fingerprint density at radius 2 is 1.89 bits per heavy atom. The van der Waals surface area contributed by atoms with Crippen LogP contribution in [0, 0.1) is 0 Å². The van der Waals surface area contributed by atoms with E-state index in [1.54, 1.807) is 4.90 Å². The molecular weight excluding hydrogens is 242 g/mol. The number of hydrogen-bond donors (Lipinski definition) is 1. The van der Waals surface area contributed by atoms with Crippen LogP contribution in [0.15, 0.2) is 0 Å². The fourth-order valence-electron chi connectivity index (χ4n) is 2.19. The van der Waals surface area contributed by atoms with Gasteiger partial charge in [-0.1, -0.05) is 26.7 Å². The van der Waals surface area contributed by atoms with Crippen molar-refractivity contribution >= 4 is 6.09 Å². The zero-order chi connectivity index (χ0) is 14.9. The van der Waals surface area contributed by atoms with Gasteiger partial charge in [-0.25, -0.2) is 4.79 Å². The molecule has 4 nitrogen and oxygen atoms in total. The second-order valence-electron chi connectivity index (χ2n) is 5.69. The maximum Gasteiger partial charge on any atom is 0.410 e. The SMILES string of the molecule is CC.CC(C)(C)OC(=O)N1CCCCC[C@@H]1CCO. The minimum atomic E-state index is -0.451. The van der Waals surface area contributed by atoms with E-state index in [1.165, 1.54) is 0 Å². The molecule has 1 aliphatic rings. The Labute approximate surface area is 118 Å². The molecule has 4 heteroatoms. The predicted molar refractivity (Wildman–Crippen MR) is 78.2 cm³/mol. The van der Waals surface area contributed by atoms with Crippen molar-refractivity contribution in [2.75, 3.05) is 13.2 Å². The molecule has 1 fully saturated rings. The van der Waals surface area contributed by atoms with Crippen molar-refractivity contribution in [3.8, 4) is 0 Å². The summed E-state index contributed by atoms with van der Waals surface area (Å²) in [6.45, 7) is 10.5. The molecule has 0 saturated carbocycles. The van der Waals surface area contributed by atoms with Gasteiger partial charge in [0.05, 0.1) is 0 Å². The highest BCUT2D eigenvalue weighted by Crippen LogP contribution is 2.21. The Balaban J connectivity index is 0.00000154. The molecule has 1 rings (SSSR count). The van der Waals surface area contributed by atoms with Crippen LogP contribution in [0.25, 0.3) is 0 Å². The Hall–Kier alpha value is -0.770. The van der Waals surface area contributed by atoms with Gasteiger partial charge in [0.2, 0.25) is 0 Å². The zero-order valence-electron chi connectivity index (χ0n) is 13.2. The number of aliphatic hydroxyl groups excluding tert-OH is 1. The molecule has 0 aromatic heterocycles. The van der Waals surface area contributed by atoms with Gasteiger partial charge in [0.1, 0.15) is 5.60 Å². The summed E-state index contributed by atoms with van der Waals surface area (Å²) in [5.41, 5.74) is -0.451. The summed E-state index contributed by atoms with van der Waals surface area (Å²) in [6, 6.07) is 0.136. The van der Waals surface area contributed by atoms with Crippen LogP contribution in [0.5, 0.6) is 0 Å². The van der Waals surface area contributed by atoms with Gasteiger partial charge >= 0.3 is 6.09 Å². The molecular formula is C15H31NO3. The van der Waals surface area contributed by atoms with E-state index >= 15 is 0 Å². The summed E-state index contributed by atoms with van der Waals surface area (Å²) >= 11 is 0. The molecule has 114 valence electrons. The quantitative estimate of drug-likeness (QED) is 0.836. The summed E-state index contributed by atoms with van der Waals surface area (Å²) in [5.74, 6) is 0. The van der Waals surface area contributed by atoms with Crippen LogP contribution < -0.4 is 0 Å². The Kier molecular flexibility index (Phi) is 8.81. The lowest BCUT2D eigenvalue weighted by molar-refractivity contribution is 0.0143. The number of carbonyl (C=O) groups excluding carboxylic acids is 1. The Bertz CT molecular complexity index is 248. The largest absolute Gasteiger partial charge is 0.444 e. The average Bonchev–Trinajstić information content (AvgIpc) is 2.55. The third-order valence-corrected chi connectivity index (χ3v) is 2.97. The summed E-state index contributed by atoms with van der Waals surface area (Å²) < 4.78 is 5.41. The van der Waals surface area contributed by atoms with Crippen LogP contribution in [0.2, 0.25) is 0 Å². The van der Waals surface area contributed by atoms with E-state index < -0.39 is 5.60 Å². The predicted octanol–water partition coefficient (Wildman–Crippen LogP) is 3.57. The van der Waals surface area contributed by atoms with Crippen molar-refractivity contribution < 1.29 is 14.6 Å². The zero-order valence-corrected chi connectivity index (χ0v) is 13.2. The first kappa shape index (κ1) is 18.2. The van der Waals surface area contributed by atoms with Crippen molar-refractivity contribution in [1.29, 1.82) is 0 Å². The highest BCUT2D eigenvalue weighted by molar-refractivity contribution is 5.68. The number of likely N-dealkylation sites (tertiary alicyclic amines) is 1. The van der Waals surface area contributed by atoms with Gasteiger partial charge in [-0.05, 0) is 40.0 Å². The van der Waals surface area contributed by atoms with Gasteiger partial charge < -0.3 is 14.7 Å². The Morgan fingerprint density at radius 3 is 2.42 bits per heavy atom. The first-order valence-electron chi connectivity index (χ1n) is 7.54. The monoisotopic (exact) mass is 273 g/mol. The molecule has 1 saturated heterocycles. The molecule has 0 aromatic carbocycles. The number of amides is 1. The first-order valence-corrected chi connectivity index (χ1v) is 7.54. The first-order chi connectivity index (χ1) is 8.94. The van der Waals surface area contributed by atoms with Crippen molar-refractivity contribution in [1.82, 2.24) is 4.90 Å². The van der Waals surface area contributed by atoms with E-state index in [0.29, 0.717) is 6.42 Å². The lowest BCUT2D eigenvalue weighted by Gasteiger charge is -2.32. The van der Waals surface area contributed by atoms with E-state index in [1.807, 2.05) is 34.6 Å². The second kappa shape index (κ2) is 9.18. The van der Waals surface area contributed by atoms with Crippen LogP contribution in [0.4, 0.5) is 4.79 Å². The molecule has 1 N–H and O–H groups in total. The van der Waals surface area contributed by atoms with Crippen molar-refractivity contribution in [3.05, 3.63) is 0 Å². The summed E-state index contributed by atoms with van der Waals surface area (Å²) in [4.78, 5) is 13.9. The minimum Gasteiger partial charge on any atom is -0.444 e. The fourth-order valence-corrected chi connectivity index (χ4v) is 2.19. The summed E-state index contributed by atoms with van der Waals surface area (Å²) in [7, 11) is 0. The van der Waals surface area contributed by atoms with E-state index in [0.717, 1.165) is 32.2 Å². The fraction of sp³-hybridized carbons (Fsp3) is 0.933. The van der Waals surface area contributed by atoms with Gasteiger partial charge in [0.25, 0.3) is 0 Å². The van der Waals surface area contributed by atoms with Crippen LogP contribution in [-0.4, -0.2) is 40.9 Å². The highest BCUT2D eigenvalue weighted by atomic mass is 16.6. The van der Waals surface area contributed by atoms with Gasteiger partial charge in [-0.2, -0.15) is 0 Å². The third-order valence-electron chi connectivity index (χ3n) is 2.97. The molecule has 0 bridgehead atoms. The van der Waals surface area contributed by atoms with Crippen molar-refractivity contribution in [2.45, 2.75) is 78.4 Å². The van der Waals surface area contributed by atoms with Crippen molar-refractivity contribution in [3.63, 3.8) is 0 Å². The molecule has 1 aliphatic heterocycles. The number of rotatable bonds is 2. The molecule has 0 spiro atoms. The molecule has 1 amide bonds. The second-order valence-corrected chi connectivity index (χ2v) is 5.69. The third kappa shape index (κ3) is 7.41. The number of hydrogen-bond acceptors (Lipinski definition) is 3. The summed E-state index contributed by atoms with van der Waals surface area (Å²) in [6.07, 6.45) is 4.70. The topological polar surface area (TPSA) is 49.8 Å². The lowest BCUT2D eigenvalue weighted by Crippen LogP contribution is -2.43. The molecule has 0 aromatic rings. The summed E-state index contributed by atoms with van der Waals surface area (Å²) in [5, 5.41) is 9.06. The van der Waals surface area contributed by atoms with E-state index in [2.05, 4.69) is 0 Å². The molecule has 0 radical (unpaired) electrons. The normalized spacial score (nSPS) is 20.1. The molecule has 0 unspecified atom stereocenters. The lowest BCUT2D eigenvalue weighted by atomic mass is 10.1. The minimum absolute atomic E-state index is 0.129. The average molecular weight is 273 g/mol. The number of carbonyl (C=O) groups is 1. The maximum absolute atomic E-state index is 12.1. The van der Waals surface area contributed by atoms with Crippen molar-refractivity contribution in [2.24, 2.45) is 0 Å². The van der Waals surface area contributed by atoms with Gasteiger partial charge in [0.15, 0.2) is 0 Å². The van der Waals surface area contributed by atoms with Gasteiger partial charge in [-0.15, -0.1) is 0 Å². The van der Waals surface area contributed by atoms with Crippen LogP contribution >= 0.6 is 0 Å². The van der Waals surface area contributed by atoms with Crippen LogP contribution in [0.3, 0.4) is 0 Å². The number of nitrogens with zero attached hydrogens (tertiary/aromatic N) is 1. The van der Waals surface area contributed by atoms with Crippen LogP contribution in [-0.2, 0) is 4.74 Å². The highest BCUT2D eigenvalue weighted by Gasteiger charge is 2.28. The van der Waals surface area contributed by atoms with Gasteiger partial charge in [-0.3, -0.25) is 0 Å². The molecule has 1 atom stereocenters. The standard InChI is InChI=1S/C13H25NO3.C2H6/c1-13(2,3)17-12(16)14-9-6-4-5-7-11(14)8-10-15;1-2/h11,15H,4-10H2,1-3H3;1-2H3/t11-;/m1./s1.